The van der Waals surface area contributed by atoms with Crippen molar-refractivity contribution in [2.45, 2.75) is 13.3 Å². The molecule has 0 saturated heterocycles. The van der Waals surface area contributed by atoms with Crippen molar-refractivity contribution in [3.05, 3.63) is 46.2 Å². The topological polar surface area (TPSA) is 24.9 Å². The Kier molecular flexibility index (Phi) is 3.30. The minimum atomic E-state index is 0.944. The van der Waals surface area contributed by atoms with E-state index in [4.69, 9.17) is 0 Å². The van der Waals surface area contributed by atoms with E-state index in [0.717, 1.165) is 23.6 Å². The number of rotatable bonds is 4. The standard InChI is InChI=1S/C14H14N2S2/c1-10-4-5-12-13(9-10)18-14(16-12)15-7-6-11-3-2-8-17-11/h2-5,8-9H,6-7H2,1H3,(H,15,16). The largest absolute Gasteiger partial charge is 0.361 e. The number of nitrogens with zero attached hydrogens (tertiary/aromatic N) is 1. The van der Waals surface area contributed by atoms with Gasteiger partial charge in [0, 0.05) is 11.4 Å². The molecule has 0 aliphatic rings. The fourth-order valence-corrected chi connectivity index (χ4v) is 3.55. The summed E-state index contributed by atoms with van der Waals surface area (Å²) in [6.45, 7) is 3.06. The summed E-state index contributed by atoms with van der Waals surface area (Å²) < 4.78 is 1.26. The number of thiophene rings is 1. The van der Waals surface area contributed by atoms with E-state index in [1.54, 1.807) is 11.3 Å². The van der Waals surface area contributed by atoms with Gasteiger partial charge < -0.3 is 5.32 Å². The summed E-state index contributed by atoms with van der Waals surface area (Å²) in [7, 11) is 0. The minimum Gasteiger partial charge on any atom is -0.361 e. The molecule has 3 aromatic rings. The van der Waals surface area contributed by atoms with Gasteiger partial charge in [0.05, 0.1) is 10.2 Å². The Balaban J connectivity index is 1.67. The van der Waals surface area contributed by atoms with Gasteiger partial charge >= 0.3 is 0 Å². The molecule has 0 spiro atoms. The number of fused-ring (bicyclic) bond motifs is 1. The van der Waals surface area contributed by atoms with Crippen LogP contribution in [0, 0.1) is 6.92 Å². The molecule has 0 aliphatic heterocycles. The van der Waals surface area contributed by atoms with Crippen LogP contribution < -0.4 is 5.32 Å². The maximum atomic E-state index is 4.58. The van der Waals surface area contributed by atoms with Gasteiger partial charge in [-0.15, -0.1) is 11.3 Å². The first-order valence-electron chi connectivity index (χ1n) is 5.95. The van der Waals surface area contributed by atoms with E-state index in [9.17, 15) is 0 Å². The van der Waals surface area contributed by atoms with Crippen LogP contribution >= 0.6 is 22.7 Å². The molecule has 18 heavy (non-hydrogen) atoms. The van der Waals surface area contributed by atoms with Crippen LogP contribution in [0.25, 0.3) is 10.2 Å². The Morgan fingerprint density at radius 2 is 2.22 bits per heavy atom. The molecule has 0 radical (unpaired) electrons. The summed E-state index contributed by atoms with van der Waals surface area (Å²) in [5.74, 6) is 0. The van der Waals surface area contributed by atoms with Crippen molar-refractivity contribution in [1.29, 1.82) is 0 Å². The average molecular weight is 274 g/mol. The number of thiazole rings is 1. The predicted octanol–water partition coefficient (Wildman–Crippen LogP) is 4.32. The first kappa shape index (κ1) is 11.7. The van der Waals surface area contributed by atoms with E-state index in [1.165, 1.54) is 15.1 Å². The lowest BCUT2D eigenvalue weighted by Crippen LogP contribution is -2.03. The van der Waals surface area contributed by atoms with Crippen molar-refractivity contribution >= 4 is 38.0 Å². The zero-order valence-electron chi connectivity index (χ0n) is 10.1. The van der Waals surface area contributed by atoms with Gasteiger partial charge in [0.15, 0.2) is 5.13 Å². The monoisotopic (exact) mass is 274 g/mol. The first-order chi connectivity index (χ1) is 8.81. The van der Waals surface area contributed by atoms with Gasteiger partial charge in [0.25, 0.3) is 0 Å². The van der Waals surface area contributed by atoms with Crippen molar-refractivity contribution in [1.82, 2.24) is 4.98 Å². The lowest BCUT2D eigenvalue weighted by Gasteiger charge is -1.99. The number of benzene rings is 1. The highest BCUT2D eigenvalue weighted by molar-refractivity contribution is 7.22. The van der Waals surface area contributed by atoms with Crippen molar-refractivity contribution in [2.24, 2.45) is 0 Å². The number of hydrogen-bond donors (Lipinski definition) is 1. The third kappa shape index (κ3) is 2.54. The highest BCUT2D eigenvalue weighted by atomic mass is 32.1. The summed E-state index contributed by atoms with van der Waals surface area (Å²) >= 11 is 3.54. The lowest BCUT2D eigenvalue weighted by atomic mass is 10.2. The van der Waals surface area contributed by atoms with E-state index in [2.05, 4.69) is 52.9 Å². The van der Waals surface area contributed by atoms with E-state index in [1.807, 2.05) is 11.3 Å². The zero-order chi connectivity index (χ0) is 12.4. The molecule has 1 aromatic carbocycles. The van der Waals surface area contributed by atoms with Crippen LogP contribution in [0.4, 0.5) is 5.13 Å². The van der Waals surface area contributed by atoms with Gasteiger partial charge in [0.1, 0.15) is 0 Å². The predicted molar refractivity (Wildman–Crippen MR) is 80.9 cm³/mol. The van der Waals surface area contributed by atoms with Crippen LogP contribution in [0.1, 0.15) is 10.4 Å². The fourth-order valence-electron chi connectivity index (χ4n) is 1.85. The van der Waals surface area contributed by atoms with Crippen molar-refractivity contribution in [3.63, 3.8) is 0 Å². The summed E-state index contributed by atoms with van der Waals surface area (Å²) in [5.41, 5.74) is 2.38. The second-order valence-electron chi connectivity index (χ2n) is 4.25. The number of aryl methyl sites for hydroxylation is 1. The molecule has 2 nitrogen and oxygen atoms in total. The van der Waals surface area contributed by atoms with Gasteiger partial charge in [-0.05, 0) is 42.5 Å². The van der Waals surface area contributed by atoms with Gasteiger partial charge in [-0.2, -0.15) is 0 Å². The SMILES string of the molecule is Cc1ccc2nc(NCCc3cccs3)sc2c1. The number of anilines is 1. The number of hydrogen-bond acceptors (Lipinski definition) is 4. The Bertz CT molecular complexity index is 641. The Labute approximate surface area is 114 Å². The van der Waals surface area contributed by atoms with E-state index < -0.39 is 0 Å². The normalized spacial score (nSPS) is 10.9. The van der Waals surface area contributed by atoms with E-state index in [0.29, 0.717) is 0 Å². The molecule has 0 unspecified atom stereocenters. The molecule has 4 heteroatoms. The molecule has 92 valence electrons. The maximum Gasteiger partial charge on any atom is 0.183 e. The molecule has 3 rings (SSSR count). The van der Waals surface area contributed by atoms with Crippen molar-refractivity contribution in [3.8, 4) is 0 Å². The highest BCUT2D eigenvalue weighted by Crippen LogP contribution is 2.26. The molecule has 0 atom stereocenters. The summed E-state index contributed by atoms with van der Waals surface area (Å²) in [6, 6.07) is 10.7. The third-order valence-electron chi connectivity index (χ3n) is 2.77. The van der Waals surface area contributed by atoms with Crippen LogP contribution in [0.2, 0.25) is 0 Å². The zero-order valence-corrected chi connectivity index (χ0v) is 11.8. The quantitative estimate of drug-likeness (QED) is 0.766. The van der Waals surface area contributed by atoms with Crippen LogP contribution in [0.5, 0.6) is 0 Å². The van der Waals surface area contributed by atoms with Gasteiger partial charge in [-0.25, -0.2) is 4.98 Å². The van der Waals surface area contributed by atoms with Crippen LogP contribution in [-0.2, 0) is 6.42 Å². The van der Waals surface area contributed by atoms with Crippen LogP contribution in [-0.4, -0.2) is 11.5 Å². The molecule has 0 fully saturated rings. The summed E-state index contributed by atoms with van der Waals surface area (Å²) in [6.07, 6.45) is 1.06. The van der Waals surface area contributed by atoms with Crippen molar-refractivity contribution in [2.75, 3.05) is 11.9 Å². The molecule has 0 saturated carbocycles. The number of nitrogens with one attached hydrogen (secondary N) is 1. The maximum absolute atomic E-state index is 4.58. The van der Waals surface area contributed by atoms with E-state index in [-0.39, 0.29) is 0 Å². The first-order valence-corrected chi connectivity index (χ1v) is 7.64. The average Bonchev–Trinajstić information content (AvgIpc) is 2.97. The molecule has 0 bridgehead atoms. The second kappa shape index (κ2) is 5.08. The minimum absolute atomic E-state index is 0.944. The van der Waals surface area contributed by atoms with Crippen molar-refractivity contribution < 1.29 is 0 Å². The Hall–Kier alpha value is -1.39. The molecule has 0 amide bonds. The molecule has 0 aliphatic carbocycles. The molecule has 1 N–H and O–H groups in total. The van der Waals surface area contributed by atoms with Crippen LogP contribution in [0.3, 0.4) is 0 Å². The van der Waals surface area contributed by atoms with Gasteiger partial charge in [-0.3, -0.25) is 0 Å². The molecular weight excluding hydrogens is 260 g/mol. The smallest absolute Gasteiger partial charge is 0.183 e. The molecule has 2 heterocycles. The van der Waals surface area contributed by atoms with Gasteiger partial charge in [0.2, 0.25) is 0 Å². The summed E-state index contributed by atoms with van der Waals surface area (Å²) in [4.78, 5) is 6.00. The lowest BCUT2D eigenvalue weighted by molar-refractivity contribution is 1.04. The highest BCUT2D eigenvalue weighted by Gasteiger charge is 2.03. The summed E-state index contributed by atoms with van der Waals surface area (Å²) in [5, 5.41) is 6.55. The van der Waals surface area contributed by atoms with E-state index >= 15 is 0 Å². The molecular formula is C14H14N2S2. The second-order valence-corrected chi connectivity index (χ2v) is 6.31. The molecule has 2 aromatic heterocycles. The Morgan fingerprint density at radius 3 is 3.06 bits per heavy atom. The fraction of sp³-hybridized carbons (Fsp3) is 0.214. The number of aromatic nitrogens is 1. The Morgan fingerprint density at radius 1 is 1.28 bits per heavy atom. The van der Waals surface area contributed by atoms with Gasteiger partial charge in [-0.1, -0.05) is 23.5 Å². The third-order valence-corrected chi connectivity index (χ3v) is 4.68. The van der Waals surface area contributed by atoms with Crippen LogP contribution in [0.15, 0.2) is 35.7 Å².